The number of hydrogen-bond acceptors (Lipinski definition) is 7. The Morgan fingerprint density at radius 2 is 1.70 bits per heavy atom. The number of nitrogens with zero attached hydrogens (tertiary/aromatic N) is 1. The van der Waals surface area contributed by atoms with Crippen LogP contribution in [-0.2, 0) is 15.7 Å². The van der Waals surface area contributed by atoms with Crippen LogP contribution in [0.1, 0.15) is 74.2 Å². The van der Waals surface area contributed by atoms with Crippen molar-refractivity contribution in [3.63, 3.8) is 0 Å². The molecule has 40 heavy (non-hydrogen) atoms. The summed E-state index contributed by atoms with van der Waals surface area (Å²) >= 11 is 0. The van der Waals surface area contributed by atoms with E-state index in [1.54, 1.807) is 12.1 Å². The van der Waals surface area contributed by atoms with Crippen molar-refractivity contribution in [1.82, 2.24) is 5.32 Å². The molecular formula is C28H32BF3N2O6. The lowest BCUT2D eigenvalue weighted by atomic mass is 9.72. The highest BCUT2D eigenvalue weighted by Crippen LogP contribution is 2.37. The molecule has 0 aromatic heterocycles. The minimum atomic E-state index is -4.86. The quantitative estimate of drug-likeness (QED) is 0.331. The van der Waals surface area contributed by atoms with Crippen molar-refractivity contribution in [3.8, 4) is 17.6 Å². The van der Waals surface area contributed by atoms with E-state index >= 15 is 0 Å². The minimum Gasteiger partial charge on any atom is -0.490 e. The van der Waals surface area contributed by atoms with Crippen LogP contribution in [0, 0.1) is 11.3 Å². The van der Waals surface area contributed by atoms with E-state index in [1.165, 1.54) is 6.92 Å². The highest BCUT2D eigenvalue weighted by Gasteiger charge is 2.53. The predicted molar refractivity (Wildman–Crippen MR) is 142 cm³/mol. The van der Waals surface area contributed by atoms with Gasteiger partial charge in [-0.15, -0.1) is 13.2 Å². The summed E-state index contributed by atoms with van der Waals surface area (Å²) in [6.07, 6.45) is -2.89. The van der Waals surface area contributed by atoms with Crippen LogP contribution in [0.4, 0.5) is 13.2 Å². The van der Waals surface area contributed by atoms with Crippen molar-refractivity contribution in [1.29, 1.82) is 5.26 Å². The van der Waals surface area contributed by atoms with Crippen LogP contribution in [0.25, 0.3) is 0 Å². The average molecular weight is 560 g/mol. The molecule has 1 heterocycles. The van der Waals surface area contributed by atoms with E-state index in [-0.39, 0.29) is 12.2 Å². The number of hydrogen-bond donors (Lipinski definition) is 1. The lowest BCUT2D eigenvalue weighted by Crippen LogP contribution is -2.49. The van der Waals surface area contributed by atoms with Gasteiger partial charge in [-0.05, 0) is 88.5 Å². The van der Waals surface area contributed by atoms with E-state index in [4.69, 9.17) is 14.0 Å². The van der Waals surface area contributed by atoms with E-state index in [0.717, 1.165) is 30.6 Å². The molecule has 1 atom stereocenters. The van der Waals surface area contributed by atoms with Gasteiger partial charge in [0.15, 0.2) is 5.54 Å². The molecule has 0 saturated carbocycles. The maximum Gasteiger partial charge on any atom is 0.573 e. The standard InChI is InChI=1S/C28H32BF3N2O6/c1-7-8-21-22(14-11-19(15-35)23(21)29-39-25(2,3)26(4,5)40-29)37-17-27(6,16-33)34-24(36)18-9-12-20(13-10-18)38-28(30,31)32/h9-15H,7-8,17H2,1-6H3,(H,34,36)/t27-/m0/s1. The molecule has 1 aliphatic rings. The Morgan fingerprint density at radius 1 is 1.10 bits per heavy atom. The molecular weight excluding hydrogens is 528 g/mol. The van der Waals surface area contributed by atoms with Crippen LogP contribution in [0.3, 0.4) is 0 Å². The second-order valence-electron chi connectivity index (χ2n) is 10.8. The first-order chi connectivity index (χ1) is 18.5. The first kappa shape index (κ1) is 31.0. The van der Waals surface area contributed by atoms with E-state index in [0.29, 0.717) is 35.2 Å². The van der Waals surface area contributed by atoms with Crippen molar-refractivity contribution in [3.05, 3.63) is 53.1 Å². The fourth-order valence-electron chi connectivity index (χ4n) is 4.10. The minimum absolute atomic E-state index is 0.0288. The summed E-state index contributed by atoms with van der Waals surface area (Å²) in [7, 11) is -0.818. The maximum atomic E-state index is 12.8. The summed E-state index contributed by atoms with van der Waals surface area (Å²) in [6.45, 7) is 10.8. The summed E-state index contributed by atoms with van der Waals surface area (Å²) in [6, 6.07) is 9.56. The summed E-state index contributed by atoms with van der Waals surface area (Å²) in [5.74, 6) is -0.758. The van der Waals surface area contributed by atoms with E-state index in [1.807, 2.05) is 40.7 Å². The van der Waals surface area contributed by atoms with Gasteiger partial charge < -0.3 is 24.1 Å². The number of rotatable bonds is 10. The number of aldehydes is 1. The fraction of sp³-hybridized carbons (Fsp3) is 0.464. The topological polar surface area (TPSA) is 107 Å². The molecule has 0 aliphatic carbocycles. The summed E-state index contributed by atoms with van der Waals surface area (Å²) in [5, 5.41) is 12.4. The van der Waals surface area contributed by atoms with E-state index in [9.17, 15) is 28.0 Å². The second-order valence-corrected chi connectivity index (χ2v) is 10.8. The van der Waals surface area contributed by atoms with Crippen LogP contribution in [-0.4, -0.2) is 49.0 Å². The molecule has 0 radical (unpaired) electrons. The predicted octanol–water partition coefficient (Wildman–Crippen LogP) is 4.74. The van der Waals surface area contributed by atoms with Crippen LogP contribution < -0.4 is 20.3 Å². The zero-order valence-electron chi connectivity index (χ0n) is 23.3. The molecule has 0 spiro atoms. The van der Waals surface area contributed by atoms with Crippen molar-refractivity contribution >= 4 is 24.8 Å². The number of carbonyl (C=O) groups excluding carboxylic acids is 2. The van der Waals surface area contributed by atoms with Gasteiger partial charge in [-0.1, -0.05) is 13.3 Å². The molecule has 214 valence electrons. The van der Waals surface area contributed by atoms with Gasteiger partial charge in [0.25, 0.3) is 5.91 Å². The van der Waals surface area contributed by atoms with Crippen LogP contribution in [0.2, 0.25) is 0 Å². The van der Waals surface area contributed by atoms with Gasteiger partial charge in [0.2, 0.25) is 0 Å². The molecule has 0 unspecified atom stereocenters. The smallest absolute Gasteiger partial charge is 0.490 e. The molecule has 1 amide bonds. The zero-order chi connectivity index (χ0) is 29.9. The number of carbonyl (C=O) groups is 2. The molecule has 12 heteroatoms. The Balaban J connectivity index is 1.83. The Morgan fingerprint density at radius 3 is 2.20 bits per heavy atom. The number of amides is 1. The number of halogens is 3. The number of alkyl halides is 3. The first-order valence-electron chi connectivity index (χ1n) is 12.7. The van der Waals surface area contributed by atoms with Gasteiger partial charge in [0, 0.05) is 11.1 Å². The first-order valence-corrected chi connectivity index (χ1v) is 12.7. The van der Waals surface area contributed by atoms with E-state index in [2.05, 4.69) is 10.1 Å². The third-order valence-corrected chi connectivity index (χ3v) is 6.97. The van der Waals surface area contributed by atoms with Gasteiger partial charge in [-0.3, -0.25) is 9.59 Å². The lowest BCUT2D eigenvalue weighted by Gasteiger charge is -2.32. The van der Waals surface area contributed by atoms with Gasteiger partial charge >= 0.3 is 13.5 Å². The molecule has 3 rings (SSSR count). The lowest BCUT2D eigenvalue weighted by molar-refractivity contribution is -0.274. The highest BCUT2D eigenvalue weighted by molar-refractivity contribution is 6.64. The van der Waals surface area contributed by atoms with Crippen molar-refractivity contribution < 1.29 is 41.5 Å². The molecule has 1 saturated heterocycles. The zero-order valence-corrected chi connectivity index (χ0v) is 23.3. The molecule has 1 fully saturated rings. The number of benzene rings is 2. The number of ether oxygens (including phenoxy) is 2. The van der Waals surface area contributed by atoms with Crippen molar-refractivity contribution in [2.75, 3.05) is 6.61 Å². The molecule has 1 N–H and O–H groups in total. The van der Waals surface area contributed by atoms with Gasteiger partial charge in [-0.2, -0.15) is 5.26 Å². The van der Waals surface area contributed by atoms with Crippen molar-refractivity contribution in [2.45, 2.75) is 77.5 Å². The SMILES string of the molecule is CCCc1c(OC[C@](C)(C#N)NC(=O)c2ccc(OC(F)(F)F)cc2)ccc(C=O)c1B1OC(C)(C)C(C)(C)O1. The average Bonchev–Trinajstić information content (AvgIpc) is 3.08. The Bertz CT molecular complexity index is 1270. The number of nitrogens with one attached hydrogen (secondary N) is 1. The van der Waals surface area contributed by atoms with E-state index < -0.39 is 41.9 Å². The third kappa shape index (κ3) is 6.95. The van der Waals surface area contributed by atoms with Gasteiger partial charge in [0.1, 0.15) is 24.4 Å². The molecule has 8 nitrogen and oxygen atoms in total. The molecule has 0 bridgehead atoms. The third-order valence-electron chi connectivity index (χ3n) is 6.97. The van der Waals surface area contributed by atoms with Crippen LogP contribution in [0.5, 0.6) is 11.5 Å². The highest BCUT2D eigenvalue weighted by atomic mass is 19.4. The monoisotopic (exact) mass is 560 g/mol. The molecule has 2 aromatic rings. The summed E-state index contributed by atoms with van der Waals surface area (Å²) < 4.78 is 59.5. The molecule has 1 aliphatic heterocycles. The summed E-state index contributed by atoms with van der Waals surface area (Å²) in [5.41, 5.74) is -1.12. The largest absolute Gasteiger partial charge is 0.573 e. The Kier molecular flexibility index (Phi) is 8.91. The molecule has 2 aromatic carbocycles. The van der Waals surface area contributed by atoms with Gasteiger partial charge in [-0.25, -0.2) is 0 Å². The van der Waals surface area contributed by atoms with Crippen LogP contribution >= 0.6 is 0 Å². The Hall–Kier alpha value is -3.56. The van der Waals surface area contributed by atoms with Crippen molar-refractivity contribution in [2.24, 2.45) is 0 Å². The number of nitriles is 1. The van der Waals surface area contributed by atoms with Gasteiger partial charge in [0.05, 0.1) is 17.3 Å². The Labute approximate surface area is 231 Å². The second kappa shape index (κ2) is 11.5. The maximum absolute atomic E-state index is 12.8. The normalized spacial score (nSPS) is 17.4. The fourth-order valence-corrected chi connectivity index (χ4v) is 4.10. The van der Waals surface area contributed by atoms with Crippen LogP contribution in [0.15, 0.2) is 36.4 Å². The summed E-state index contributed by atoms with van der Waals surface area (Å²) in [4.78, 5) is 24.8.